The summed E-state index contributed by atoms with van der Waals surface area (Å²) in [5, 5.41) is 14.1. The van der Waals surface area contributed by atoms with Crippen molar-refractivity contribution in [3.8, 4) is 0 Å². The van der Waals surface area contributed by atoms with Crippen LogP contribution in [0.3, 0.4) is 0 Å². The smallest absolute Gasteiger partial charge is 0.372 e. The number of aromatic carboxylic acids is 1. The molecule has 7 heteroatoms. The van der Waals surface area contributed by atoms with Crippen molar-refractivity contribution in [2.24, 2.45) is 0 Å². The van der Waals surface area contributed by atoms with Gasteiger partial charge in [-0.3, -0.25) is 4.79 Å². The lowest BCUT2D eigenvalue weighted by atomic mass is 9.98. The Hall–Kier alpha value is -2.15. The van der Waals surface area contributed by atoms with Crippen molar-refractivity contribution in [1.29, 1.82) is 0 Å². The van der Waals surface area contributed by atoms with Gasteiger partial charge in [-0.25, -0.2) is 9.78 Å². The Labute approximate surface area is 125 Å². The van der Waals surface area contributed by atoms with Gasteiger partial charge in [0.2, 0.25) is 5.76 Å². The fourth-order valence-corrected chi connectivity index (χ4v) is 2.54. The number of nitrogens with zero attached hydrogens (tertiary/aromatic N) is 1. The highest BCUT2D eigenvalue weighted by atomic mass is 32.1. The van der Waals surface area contributed by atoms with Crippen LogP contribution < -0.4 is 5.32 Å². The largest absolute Gasteiger partial charge is 0.475 e. The second-order valence-electron chi connectivity index (χ2n) is 5.55. The van der Waals surface area contributed by atoms with Gasteiger partial charge in [0, 0.05) is 22.9 Å². The van der Waals surface area contributed by atoms with Gasteiger partial charge in [-0.2, -0.15) is 0 Å². The standard InChI is InChI=1S/C14H16N2O4S/c1-14(2,3)13-16-9(7-21-13)11(17)15-6-8-4-5-20-10(8)12(18)19/h4-5,7H,6H2,1-3H3,(H,15,17)(H,18,19). The summed E-state index contributed by atoms with van der Waals surface area (Å²) < 4.78 is 4.85. The first-order valence-electron chi connectivity index (χ1n) is 6.33. The molecule has 2 N–H and O–H groups in total. The molecule has 2 aromatic heterocycles. The predicted molar refractivity (Wildman–Crippen MR) is 77.7 cm³/mol. The number of hydrogen-bond donors (Lipinski definition) is 2. The van der Waals surface area contributed by atoms with Crippen LogP contribution in [0.1, 0.15) is 52.4 Å². The van der Waals surface area contributed by atoms with Crippen LogP contribution in [-0.2, 0) is 12.0 Å². The zero-order valence-electron chi connectivity index (χ0n) is 12.0. The van der Waals surface area contributed by atoms with E-state index < -0.39 is 5.97 Å². The number of carbonyl (C=O) groups excluding carboxylic acids is 1. The SMILES string of the molecule is CC(C)(C)c1nc(C(=O)NCc2ccoc2C(=O)O)cs1. The third kappa shape index (κ3) is 3.49. The molecule has 2 aromatic rings. The summed E-state index contributed by atoms with van der Waals surface area (Å²) in [6.45, 7) is 6.16. The zero-order valence-corrected chi connectivity index (χ0v) is 12.8. The van der Waals surface area contributed by atoms with E-state index in [1.165, 1.54) is 23.7 Å². The van der Waals surface area contributed by atoms with Gasteiger partial charge in [0.1, 0.15) is 5.69 Å². The summed E-state index contributed by atoms with van der Waals surface area (Å²) >= 11 is 1.43. The van der Waals surface area contributed by atoms with Crippen LogP contribution in [0.15, 0.2) is 22.1 Å². The molecular weight excluding hydrogens is 292 g/mol. The van der Waals surface area contributed by atoms with Gasteiger partial charge in [-0.1, -0.05) is 20.8 Å². The molecular formula is C14H16N2O4S. The maximum Gasteiger partial charge on any atom is 0.372 e. The molecule has 0 bridgehead atoms. The second-order valence-corrected chi connectivity index (χ2v) is 6.41. The molecule has 0 aliphatic rings. The van der Waals surface area contributed by atoms with Gasteiger partial charge < -0.3 is 14.8 Å². The number of aromatic nitrogens is 1. The molecule has 21 heavy (non-hydrogen) atoms. The fraction of sp³-hybridized carbons (Fsp3) is 0.357. The summed E-state index contributed by atoms with van der Waals surface area (Å²) in [5.74, 6) is -1.66. The Morgan fingerprint density at radius 1 is 1.43 bits per heavy atom. The third-order valence-corrected chi connectivity index (χ3v) is 4.03. The number of nitrogens with one attached hydrogen (secondary N) is 1. The molecule has 1 amide bonds. The number of hydrogen-bond acceptors (Lipinski definition) is 5. The number of carbonyl (C=O) groups is 2. The maximum atomic E-state index is 12.0. The predicted octanol–water partition coefficient (Wildman–Crippen LogP) is 2.66. The number of furan rings is 1. The highest BCUT2D eigenvalue weighted by Crippen LogP contribution is 2.25. The molecule has 0 radical (unpaired) electrons. The van der Waals surface area contributed by atoms with Gasteiger partial charge in [0.05, 0.1) is 11.3 Å². The molecule has 0 aliphatic heterocycles. The van der Waals surface area contributed by atoms with Gasteiger partial charge in [-0.15, -0.1) is 11.3 Å². The van der Waals surface area contributed by atoms with Crippen molar-refractivity contribution in [3.63, 3.8) is 0 Å². The van der Waals surface area contributed by atoms with Gasteiger partial charge in [-0.05, 0) is 6.07 Å². The summed E-state index contributed by atoms with van der Waals surface area (Å²) in [7, 11) is 0. The summed E-state index contributed by atoms with van der Waals surface area (Å²) in [5.41, 5.74) is 0.650. The number of thiazole rings is 1. The van der Waals surface area contributed by atoms with Crippen LogP contribution in [0, 0.1) is 0 Å². The second kappa shape index (κ2) is 5.69. The van der Waals surface area contributed by atoms with E-state index in [9.17, 15) is 9.59 Å². The number of carboxylic acid groups (broad SMARTS) is 1. The molecule has 0 spiro atoms. The topological polar surface area (TPSA) is 92.4 Å². The molecule has 0 fully saturated rings. The monoisotopic (exact) mass is 308 g/mol. The molecule has 0 unspecified atom stereocenters. The molecule has 2 heterocycles. The Kier molecular flexibility index (Phi) is 4.13. The maximum absolute atomic E-state index is 12.0. The number of rotatable bonds is 4. The van der Waals surface area contributed by atoms with Gasteiger partial charge in [0.15, 0.2) is 0 Å². The van der Waals surface area contributed by atoms with E-state index >= 15 is 0 Å². The molecule has 0 aromatic carbocycles. The summed E-state index contributed by atoms with van der Waals surface area (Å²) in [6.07, 6.45) is 1.28. The Morgan fingerprint density at radius 2 is 2.14 bits per heavy atom. The average Bonchev–Trinajstić information content (AvgIpc) is 3.03. The number of amides is 1. The molecule has 6 nitrogen and oxygen atoms in total. The molecule has 0 saturated heterocycles. The lowest BCUT2D eigenvalue weighted by Gasteiger charge is -2.13. The van der Waals surface area contributed by atoms with E-state index in [2.05, 4.69) is 10.3 Å². The molecule has 0 atom stereocenters. The minimum absolute atomic E-state index is 0.0827. The minimum atomic E-state index is -1.16. The van der Waals surface area contributed by atoms with Gasteiger partial charge in [0.25, 0.3) is 5.91 Å². The van der Waals surface area contributed by atoms with E-state index in [1.807, 2.05) is 20.8 Å². The van der Waals surface area contributed by atoms with Crippen molar-refractivity contribution < 1.29 is 19.1 Å². The number of carboxylic acids is 1. The highest BCUT2D eigenvalue weighted by Gasteiger charge is 2.21. The average molecular weight is 308 g/mol. The normalized spacial score (nSPS) is 11.4. The van der Waals surface area contributed by atoms with Gasteiger partial charge >= 0.3 is 5.97 Å². The van der Waals surface area contributed by atoms with Crippen LogP contribution in [0.4, 0.5) is 0 Å². The first-order chi connectivity index (χ1) is 9.79. The highest BCUT2D eigenvalue weighted by molar-refractivity contribution is 7.10. The summed E-state index contributed by atoms with van der Waals surface area (Å²) in [4.78, 5) is 27.2. The molecule has 0 aliphatic carbocycles. The molecule has 2 rings (SSSR count). The first-order valence-corrected chi connectivity index (χ1v) is 7.21. The van der Waals surface area contributed by atoms with E-state index in [0.717, 1.165) is 5.01 Å². The van der Waals surface area contributed by atoms with Crippen LogP contribution in [-0.4, -0.2) is 22.0 Å². The van der Waals surface area contributed by atoms with Crippen LogP contribution in [0.25, 0.3) is 0 Å². The van der Waals surface area contributed by atoms with E-state index in [1.54, 1.807) is 5.38 Å². The quantitative estimate of drug-likeness (QED) is 0.906. The van der Waals surface area contributed by atoms with Crippen LogP contribution in [0.2, 0.25) is 0 Å². The zero-order chi connectivity index (χ0) is 15.6. The van der Waals surface area contributed by atoms with Crippen molar-refractivity contribution in [2.75, 3.05) is 0 Å². The first kappa shape index (κ1) is 15.2. The Balaban J connectivity index is 2.04. The lowest BCUT2D eigenvalue weighted by Crippen LogP contribution is -2.24. The molecule has 112 valence electrons. The lowest BCUT2D eigenvalue weighted by molar-refractivity contribution is 0.0659. The summed E-state index contributed by atoms with van der Waals surface area (Å²) in [6, 6.07) is 1.52. The van der Waals surface area contributed by atoms with E-state index in [0.29, 0.717) is 11.3 Å². The van der Waals surface area contributed by atoms with Crippen LogP contribution >= 0.6 is 11.3 Å². The van der Waals surface area contributed by atoms with Crippen molar-refractivity contribution in [2.45, 2.75) is 32.7 Å². The van der Waals surface area contributed by atoms with E-state index in [4.69, 9.17) is 9.52 Å². The Morgan fingerprint density at radius 3 is 2.71 bits per heavy atom. The van der Waals surface area contributed by atoms with Crippen LogP contribution in [0.5, 0.6) is 0 Å². The van der Waals surface area contributed by atoms with Crippen molar-refractivity contribution >= 4 is 23.2 Å². The fourth-order valence-electron chi connectivity index (χ4n) is 1.65. The van der Waals surface area contributed by atoms with Crippen molar-refractivity contribution in [1.82, 2.24) is 10.3 Å². The Bertz CT molecular complexity index is 667. The van der Waals surface area contributed by atoms with E-state index in [-0.39, 0.29) is 23.6 Å². The minimum Gasteiger partial charge on any atom is -0.475 e. The van der Waals surface area contributed by atoms with Crippen molar-refractivity contribution in [3.05, 3.63) is 39.7 Å². The third-order valence-electron chi connectivity index (χ3n) is 2.76. The molecule has 0 saturated carbocycles.